The number of aliphatic hydroxyl groups is 1. The fraction of sp³-hybridized carbons (Fsp3) is 0.688. The van der Waals surface area contributed by atoms with Gasteiger partial charge >= 0.3 is 0 Å². The van der Waals surface area contributed by atoms with E-state index in [1.165, 1.54) is 37.1 Å². The van der Waals surface area contributed by atoms with E-state index in [1.54, 1.807) is 0 Å². The van der Waals surface area contributed by atoms with Crippen molar-refractivity contribution in [1.82, 2.24) is 14.7 Å². The van der Waals surface area contributed by atoms with Crippen LogP contribution in [0.3, 0.4) is 0 Å². The highest BCUT2D eigenvalue weighted by atomic mass is 16.3. The van der Waals surface area contributed by atoms with E-state index in [9.17, 15) is 5.11 Å². The van der Waals surface area contributed by atoms with Crippen molar-refractivity contribution in [3.8, 4) is 0 Å². The van der Waals surface area contributed by atoms with Crippen LogP contribution >= 0.6 is 0 Å². The molecule has 1 aliphatic carbocycles. The molecule has 2 aliphatic rings. The highest BCUT2D eigenvalue weighted by molar-refractivity contribution is 5.65. The van der Waals surface area contributed by atoms with Crippen molar-refractivity contribution in [3.05, 3.63) is 24.0 Å². The molecule has 4 heteroatoms. The van der Waals surface area contributed by atoms with Crippen LogP contribution in [0.5, 0.6) is 0 Å². The molecular formula is C16H25N3O. The second kappa shape index (κ2) is 6.10. The lowest BCUT2D eigenvalue weighted by Crippen LogP contribution is -2.30. The molecule has 0 unspecified atom stereocenters. The van der Waals surface area contributed by atoms with Gasteiger partial charge in [-0.15, -0.1) is 0 Å². The van der Waals surface area contributed by atoms with Crippen LogP contribution in [0, 0.1) is 5.92 Å². The molecule has 1 atom stereocenters. The topological polar surface area (TPSA) is 41.3 Å². The molecule has 1 fully saturated rings. The van der Waals surface area contributed by atoms with Crippen molar-refractivity contribution in [1.29, 1.82) is 0 Å². The van der Waals surface area contributed by atoms with Crippen molar-refractivity contribution in [2.75, 3.05) is 19.6 Å². The van der Waals surface area contributed by atoms with Crippen LogP contribution < -0.4 is 0 Å². The van der Waals surface area contributed by atoms with Gasteiger partial charge in [0, 0.05) is 31.4 Å². The normalized spacial score (nSPS) is 21.8. The summed E-state index contributed by atoms with van der Waals surface area (Å²) in [6, 6.07) is 0. The zero-order chi connectivity index (χ0) is 13.9. The van der Waals surface area contributed by atoms with Crippen molar-refractivity contribution in [2.24, 2.45) is 5.92 Å². The second-order valence-corrected chi connectivity index (χ2v) is 6.20. The SMILES string of the molecule is CC[C@H](O)Cn1cc(C2=CCN(CC3CC3)CC2)cn1. The Hall–Kier alpha value is -1.13. The predicted molar refractivity (Wildman–Crippen MR) is 80.3 cm³/mol. The molecule has 20 heavy (non-hydrogen) atoms. The van der Waals surface area contributed by atoms with E-state index >= 15 is 0 Å². The zero-order valence-electron chi connectivity index (χ0n) is 12.3. The minimum Gasteiger partial charge on any atom is -0.391 e. The van der Waals surface area contributed by atoms with Crippen LogP contribution in [0.4, 0.5) is 0 Å². The highest BCUT2D eigenvalue weighted by Gasteiger charge is 2.25. The Balaban J connectivity index is 1.57. The summed E-state index contributed by atoms with van der Waals surface area (Å²) in [6.45, 7) is 6.12. The molecule has 0 amide bonds. The summed E-state index contributed by atoms with van der Waals surface area (Å²) >= 11 is 0. The van der Waals surface area contributed by atoms with Crippen LogP contribution in [0.15, 0.2) is 18.5 Å². The van der Waals surface area contributed by atoms with Gasteiger partial charge < -0.3 is 5.11 Å². The number of aromatic nitrogens is 2. The quantitative estimate of drug-likeness (QED) is 0.865. The van der Waals surface area contributed by atoms with Crippen molar-refractivity contribution in [2.45, 2.75) is 45.3 Å². The first-order chi connectivity index (χ1) is 9.74. The van der Waals surface area contributed by atoms with Gasteiger partial charge in [0.2, 0.25) is 0 Å². The third-order valence-corrected chi connectivity index (χ3v) is 4.38. The molecule has 1 aromatic heterocycles. The lowest BCUT2D eigenvalue weighted by atomic mass is 10.0. The van der Waals surface area contributed by atoms with Gasteiger partial charge in [0.05, 0.1) is 18.8 Å². The molecule has 0 radical (unpaired) electrons. The molecule has 2 heterocycles. The van der Waals surface area contributed by atoms with E-state index in [4.69, 9.17) is 0 Å². The molecular weight excluding hydrogens is 250 g/mol. The summed E-state index contributed by atoms with van der Waals surface area (Å²) < 4.78 is 1.86. The Kier molecular flexibility index (Phi) is 4.22. The van der Waals surface area contributed by atoms with Crippen LogP contribution in [-0.2, 0) is 6.54 Å². The largest absolute Gasteiger partial charge is 0.391 e. The average Bonchev–Trinajstić information content (AvgIpc) is 3.16. The highest BCUT2D eigenvalue weighted by Crippen LogP contribution is 2.31. The standard InChI is InChI=1S/C16H25N3O/c1-2-16(20)12-19-11-15(9-17-19)14-5-7-18(8-6-14)10-13-3-4-13/h5,9,11,13,16,20H,2-4,6-8,10,12H2,1H3/t16-/m0/s1. The smallest absolute Gasteiger partial charge is 0.0733 e. The van der Waals surface area contributed by atoms with Gasteiger partial charge in [0.15, 0.2) is 0 Å². The molecule has 0 aromatic carbocycles. The van der Waals surface area contributed by atoms with E-state index in [0.717, 1.165) is 25.3 Å². The molecule has 1 N–H and O–H groups in total. The third kappa shape index (κ3) is 3.49. The Morgan fingerprint density at radius 3 is 2.95 bits per heavy atom. The zero-order valence-corrected chi connectivity index (χ0v) is 12.3. The molecule has 0 spiro atoms. The molecule has 1 saturated carbocycles. The maximum absolute atomic E-state index is 9.67. The van der Waals surface area contributed by atoms with Crippen LogP contribution in [-0.4, -0.2) is 45.5 Å². The van der Waals surface area contributed by atoms with Gasteiger partial charge in [-0.25, -0.2) is 0 Å². The molecule has 110 valence electrons. The van der Waals surface area contributed by atoms with E-state index in [0.29, 0.717) is 6.54 Å². The number of hydrogen-bond acceptors (Lipinski definition) is 3. The van der Waals surface area contributed by atoms with Gasteiger partial charge in [0.1, 0.15) is 0 Å². The maximum atomic E-state index is 9.67. The van der Waals surface area contributed by atoms with Gasteiger partial charge in [-0.1, -0.05) is 13.0 Å². The average molecular weight is 275 g/mol. The third-order valence-electron chi connectivity index (χ3n) is 4.38. The Morgan fingerprint density at radius 1 is 1.45 bits per heavy atom. The Labute approximate surface area is 121 Å². The first-order valence-corrected chi connectivity index (χ1v) is 7.87. The van der Waals surface area contributed by atoms with E-state index < -0.39 is 0 Å². The van der Waals surface area contributed by atoms with Crippen molar-refractivity contribution in [3.63, 3.8) is 0 Å². The number of hydrogen-bond donors (Lipinski definition) is 1. The number of nitrogens with zero attached hydrogens (tertiary/aromatic N) is 3. The first kappa shape index (κ1) is 13.8. The molecule has 1 aromatic rings. The Morgan fingerprint density at radius 2 is 2.30 bits per heavy atom. The van der Waals surface area contributed by atoms with Gasteiger partial charge in [0.25, 0.3) is 0 Å². The summed E-state index contributed by atoms with van der Waals surface area (Å²) in [6.07, 6.45) is 10.8. The minimum atomic E-state index is -0.294. The van der Waals surface area contributed by atoms with Gasteiger partial charge in [-0.05, 0) is 37.2 Å². The molecule has 4 nitrogen and oxygen atoms in total. The summed E-state index contributed by atoms with van der Waals surface area (Å²) in [4.78, 5) is 2.56. The van der Waals surface area contributed by atoms with Crippen LogP contribution in [0.1, 0.15) is 38.2 Å². The van der Waals surface area contributed by atoms with Gasteiger partial charge in [-0.3, -0.25) is 9.58 Å². The van der Waals surface area contributed by atoms with E-state index in [-0.39, 0.29) is 6.10 Å². The van der Waals surface area contributed by atoms with E-state index in [1.807, 2.05) is 17.8 Å². The van der Waals surface area contributed by atoms with Crippen molar-refractivity contribution < 1.29 is 5.11 Å². The second-order valence-electron chi connectivity index (χ2n) is 6.20. The van der Waals surface area contributed by atoms with Gasteiger partial charge in [-0.2, -0.15) is 5.10 Å². The number of aliphatic hydroxyl groups excluding tert-OH is 1. The Bertz CT molecular complexity index is 476. The summed E-state index contributed by atoms with van der Waals surface area (Å²) in [5.74, 6) is 0.975. The van der Waals surface area contributed by atoms with E-state index in [2.05, 4.69) is 22.3 Å². The van der Waals surface area contributed by atoms with Crippen molar-refractivity contribution >= 4 is 5.57 Å². The maximum Gasteiger partial charge on any atom is 0.0733 e. The molecule has 3 rings (SSSR count). The lowest BCUT2D eigenvalue weighted by molar-refractivity contribution is 0.145. The molecule has 0 bridgehead atoms. The number of rotatable bonds is 6. The fourth-order valence-electron chi connectivity index (χ4n) is 2.78. The predicted octanol–water partition coefficient (Wildman–Crippen LogP) is 2.15. The first-order valence-electron chi connectivity index (χ1n) is 7.87. The summed E-state index contributed by atoms with van der Waals surface area (Å²) in [5.41, 5.74) is 2.63. The monoisotopic (exact) mass is 275 g/mol. The summed E-state index contributed by atoms with van der Waals surface area (Å²) in [5, 5.41) is 14.0. The fourth-order valence-corrected chi connectivity index (χ4v) is 2.78. The van der Waals surface area contributed by atoms with Crippen LogP contribution in [0.25, 0.3) is 5.57 Å². The summed E-state index contributed by atoms with van der Waals surface area (Å²) in [7, 11) is 0. The minimum absolute atomic E-state index is 0.294. The molecule has 0 saturated heterocycles. The lowest BCUT2D eigenvalue weighted by Gasteiger charge is -2.25. The molecule has 1 aliphatic heterocycles. The van der Waals surface area contributed by atoms with Crippen LogP contribution in [0.2, 0.25) is 0 Å².